The van der Waals surface area contributed by atoms with Crippen LogP contribution >= 0.6 is 0 Å². The Morgan fingerprint density at radius 2 is 2.25 bits per heavy atom. The van der Waals surface area contributed by atoms with Gasteiger partial charge in [-0.05, 0) is 31.1 Å². The van der Waals surface area contributed by atoms with Crippen molar-refractivity contribution >= 4 is 12.0 Å². The van der Waals surface area contributed by atoms with Crippen LogP contribution in [0.3, 0.4) is 0 Å². The maximum absolute atomic E-state index is 11.3. The van der Waals surface area contributed by atoms with Gasteiger partial charge in [0.05, 0.1) is 12.7 Å². The molecule has 0 bridgehead atoms. The molecule has 0 unspecified atom stereocenters. The standard InChI is InChI=1S/C16H20O4/c1-3-6-13(17)11-14-12(7-5-8-15(14)18)9-10-16(19)20-4-2/h3,5,7-10,13,17-18H,1,4,6,11H2,2H3/b10-9+/t13-/m0/s1. The summed E-state index contributed by atoms with van der Waals surface area (Å²) in [4.78, 5) is 11.3. The van der Waals surface area contributed by atoms with Gasteiger partial charge in [0, 0.05) is 18.1 Å². The van der Waals surface area contributed by atoms with Crippen LogP contribution in [0.5, 0.6) is 5.75 Å². The zero-order valence-electron chi connectivity index (χ0n) is 11.6. The summed E-state index contributed by atoms with van der Waals surface area (Å²) in [6.45, 7) is 5.62. The molecule has 108 valence electrons. The van der Waals surface area contributed by atoms with Gasteiger partial charge >= 0.3 is 5.97 Å². The number of benzene rings is 1. The lowest BCUT2D eigenvalue weighted by molar-refractivity contribution is -0.137. The van der Waals surface area contributed by atoms with Gasteiger partial charge in [0.25, 0.3) is 0 Å². The number of aromatic hydroxyl groups is 1. The molecule has 1 aromatic rings. The molecule has 0 aliphatic carbocycles. The number of aliphatic hydroxyl groups excluding tert-OH is 1. The van der Waals surface area contributed by atoms with Gasteiger partial charge in [0.15, 0.2) is 0 Å². The van der Waals surface area contributed by atoms with Crippen molar-refractivity contribution in [3.05, 3.63) is 48.1 Å². The van der Waals surface area contributed by atoms with Crippen LogP contribution in [0.2, 0.25) is 0 Å². The SMILES string of the molecule is C=CC[C@H](O)Cc1c(O)cccc1/C=C/C(=O)OCC. The molecule has 1 rings (SSSR count). The van der Waals surface area contributed by atoms with E-state index in [1.54, 1.807) is 37.3 Å². The summed E-state index contributed by atoms with van der Waals surface area (Å²) in [6, 6.07) is 5.01. The molecule has 0 fully saturated rings. The molecule has 2 N–H and O–H groups in total. The van der Waals surface area contributed by atoms with Crippen LogP contribution in [0.15, 0.2) is 36.9 Å². The number of carbonyl (C=O) groups is 1. The first-order chi connectivity index (χ1) is 9.58. The second-order valence-electron chi connectivity index (χ2n) is 4.31. The second kappa shape index (κ2) is 8.17. The predicted molar refractivity (Wildman–Crippen MR) is 78.3 cm³/mol. The van der Waals surface area contributed by atoms with Crippen molar-refractivity contribution < 1.29 is 19.7 Å². The predicted octanol–water partition coefficient (Wildman–Crippen LogP) is 2.45. The van der Waals surface area contributed by atoms with Crippen molar-refractivity contribution in [2.75, 3.05) is 6.61 Å². The van der Waals surface area contributed by atoms with Crippen molar-refractivity contribution in [2.24, 2.45) is 0 Å². The zero-order valence-corrected chi connectivity index (χ0v) is 11.6. The van der Waals surface area contributed by atoms with E-state index < -0.39 is 12.1 Å². The van der Waals surface area contributed by atoms with Gasteiger partial charge in [0.1, 0.15) is 5.75 Å². The topological polar surface area (TPSA) is 66.8 Å². The van der Waals surface area contributed by atoms with Crippen LogP contribution in [0, 0.1) is 0 Å². The van der Waals surface area contributed by atoms with Gasteiger partial charge in [-0.1, -0.05) is 18.2 Å². The molecule has 0 aromatic heterocycles. The lowest BCUT2D eigenvalue weighted by atomic mass is 9.98. The van der Waals surface area contributed by atoms with E-state index in [0.29, 0.717) is 30.6 Å². The number of hydrogen-bond donors (Lipinski definition) is 2. The minimum Gasteiger partial charge on any atom is -0.508 e. The van der Waals surface area contributed by atoms with Gasteiger partial charge in [-0.15, -0.1) is 6.58 Å². The third-order valence-electron chi connectivity index (χ3n) is 2.75. The Bertz CT molecular complexity index is 491. The number of aliphatic hydroxyl groups is 1. The summed E-state index contributed by atoms with van der Waals surface area (Å²) in [5.41, 5.74) is 1.28. The number of rotatable bonds is 7. The van der Waals surface area contributed by atoms with Crippen LogP contribution < -0.4 is 0 Å². The first kappa shape index (κ1) is 16.0. The fraction of sp³-hybridized carbons (Fsp3) is 0.312. The van der Waals surface area contributed by atoms with Gasteiger partial charge < -0.3 is 14.9 Å². The van der Waals surface area contributed by atoms with Crippen molar-refractivity contribution in [1.82, 2.24) is 0 Å². The minimum absolute atomic E-state index is 0.0964. The molecule has 0 spiro atoms. The smallest absolute Gasteiger partial charge is 0.330 e. The molecule has 0 radical (unpaired) electrons. The van der Waals surface area contributed by atoms with Gasteiger partial charge in [-0.2, -0.15) is 0 Å². The maximum Gasteiger partial charge on any atom is 0.330 e. The van der Waals surface area contributed by atoms with Crippen molar-refractivity contribution in [2.45, 2.75) is 25.9 Å². The zero-order chi connectivity index (χ0) is 15.0. The first-order valence-corrected chi connectivity index (χ1v) is 6.53. The summed E-state index contributed by atoms with van der Waals surface area (Å²) in [7, 11) is 0. The number of hydrogen-bond acceptors (Lipinski definition) is 4. The van der Waals surface area contributed by atoms with Crippen molar-refractivity contribution in [1.29, 1.82) is 0 Å². The molecule has 0 amide bonds. The molecule has 0 saturated heterocycles. The molecule has 4 nitrogen and oxygen atoms in total. The van der Waals surface area contributed by atoms with Gasteiger partial charge in [-0.25, -0.2) is 4.79 Å². The highest BCUT2D eigenvalue weighted by molar-refractivity contribution is 5.87. The van der Waals surface area contributed by atoms with E-state index in [4.69, 9.17) is 4.74 Å². The van der Waals surface area contributed by atoms with E-state index in [9.17, 15) is 15.0 Å². The Labute approximate surface area is 119 Å². The lowest BCUT2D eigenvalue weighted by Gasteiger charge is -2.12. The van der Waals surface area contributed by atoms with Crippen LogP contribution in [-0.4, -0.2) is 28.9 Å². The summed E-state index contributed by atoms with van der Waals surface area (Å²) in [5, 5.41) is 19.7. The Hall–Kier alpha value is -2.07. The highest BCUT2D eigenvalue weighted by atomic mass is 16.5. The average molecular weight is 276 g/mol. The lowest BCUT2D eigenvalue weighted by Crippen LogP contribution is -2.10. The van der Waals surface area contributed by atoms with E-state index in [2.05, 4.69) is 6.58 Å². The molecule has 4 heteroatoms. The quantitative estimate of drug-likeness (QED) is 0.456. The Balaban J connectivity index is 2.93. The number of phenols is 1. The number of ether oxygens (including phenoxy) is 1. The molecular formula is C16H20O4. The highest BCUT2D eigenvalue weighted by Gasteiger charge is 2.11. The van der Waals surface area contributed by atoms with Gasteiger partial charge in [0.2, 0.25) is 0 Å². The molecule has 20 heavy (non-hydrogen) atoms. The van der Waals surface area contributed by atoms with E-state index in [0.717, 1.165) is 0 Å². The number of phenolic OH excluding ortho intramolecular Hbond substituents is 1. The van der Waals surface area contributed by atoms with Crippen LogP contribution in [0.25, 0.3) is 6.08 Å². The van der Waals surface area contributed by atoms with E-state index in [1.165, 1.54) is 6.08 Å². The Morgan fingerprint density at radius 3 is 2.90 bits per heavy atom. The van der Waals surface area contributed by atoms with Crippen LogP contribution in [0.4, 0.5) is 0 Å². The third kappa shape index (κ3) is 4.90. The molecule has 1 aromatic carbocycles. The Kier molecular flexibility index (Phi) is 6.53. The summed E-state index contributed by atoms with van der Waals surface area (Å²) < 4.78 is 4.80. The second-order valence-corrected chi connectivity index (χ2v) is 4.31. The molecule has 0 aliphatic rings. The largest absolute Gasteiger partial charge is 0.508 e. The molecular weight excluding hydrogens is 256 g/mol. The normalized spacial score (nSPS) is 12.3. The first-order valence-electron chi connectivity index (χ1n) is 6.53. The third-order valence-corrected chi connectivity index (χ3v) is 2.75. The van der Waals surface area contributed by atoms with Crippen molar-refractivity contribution in [3.8, 4) is 5.75 Å². The van der Waals surface area contributed by atoms with Crippen LogP contribution in [0.1, 0.15) is 24.5 Å². The molecule has 1 atom stereocenters. The van der Waals surface area contributed by atoms with Crippen LogP contribution in [-0.2, 0) is 16.0 Å². The number of esters is 1. The average Bonchev–Trinajstić information content (AvgIpc) is 2.40. The van der Waals surface area contributed by atoms with Gasteiger partial charge in [-0.3, -0.25) is 0 Å². The van der Waals surface area contributed by atoms with E-state index >= 15 is 0 Å². The Morgan fingerprint density at radius 1 is 1.50 bits per heavy atom. The number of carbonyl (C=O) groups excluding carboxylic acids is 1. The van der Waals surface area contributed by atoms with Crippen molar-refractivity contribution in [3.63, 3.8) is 0 Å². The maximum atomic E-state index is 11.3. The molecule has 0 aliphatic heterocycles. The van der Waals surface area contributed by atoms with E-state index in [1.807, 2.05) is 0 Å². The highest BCUT2D eigenvalue weighted by Crippen LogP contribution is 2.24. The molecule has 0 saturated carbocycles. The minimum atomic E-state index is -0.615. The van der Waals surface area contributed by atoms with E-state index in [-0.39, 0.29) is 5.75 Å². The summed E-state index contributed by atoms with van der Waals surface area (Å²) in [5.74, 6) is -0.340. The monoisotopic (exact) mass is 276 g/mol. The summed E-state index contributed by atoms with van der Waals surface area (Å²) in [6.07, 6.45) is 4.63. The molecule has 0 heterocycles. The fourth-order valence-electron chi connectivity index (χ4n) is 1.83. The fourth-order valence-corrected chi connectivity index (χ4v) is 1.83. The summed E-state index contributed by atoms with van der Waals surface area (Å²) >= 11 is 0.